The van der Waals surface area contributed by atoms with Crippen molar-refractivity contribution in [1.82, 2.24) is 0 Å². The molecule has 5 rings (SSSR count). The Hall–Kier alpha value is -1.16. The first-order chi connectivity index (χ1) is 13.3. The van der Waals surface area contributed by atoms with E-state index in [2.05, 4.69) is 20.8 Å². The Balaban J connectivity index is 1.42. The molecule has 4 aliphatic carbocycles. The standard InChI is InChI=1S/C24H34O4/c1-13(4-7-19(26)27)15-5-6-16-20-17(9-11-23(15,16)2)24(3)10-8-14(25)12-18(24)21-22(20)28-21/h12-13,15-17,20-22H,4-11H2,1-3H3,(H,26,27). The maximum Gasteiger partial charge on any atom is 0.303 e. The summed E-state index contributed by atoms with van der Waals surface area (Å²) >= 11 is 0. The number of hydrogen-bond acceptors (Lipinski definition) is 3. The van der Waals surface area contributed by atoms with E-state index in [9.17, 15) is 9.59 Å². The zero-order chi connectivity index (χ0) is 19.8. The van der Waals surface area contributed by atoms with E-state index in [0.717, 1.165) is 12.8 Å². The maximum atomic E-state index is 12.1. The van der Waals surface area contributed by atoms with Gasteiger partial charge in [0.2, 0.25) is 0 Å². The van der Waals surface area contributed by atoms with Gasteiger partial charge in [0.15, 0.2) is 5.78 Å². The lowest BCUT2D eigenvalue weighted by atomic mass is 9.46. The molecule has 1 saturated heterocycles. The first kappa shape index (κ1) is 18.8. The monoisotopic (exact) mass is 386 g/mol. The number of ether oxygens (including phenoxy) is 1. The molecule has 0 radical (unpaired) electrons. The molecule has 0 aromatic heterocycles. The highest BCUT2D eigenvalue weighted by Gasteiger charge is 2.69. The predicted octanol–water partition coefficient (Wildman–Crippen LogP) is 4.62. The van der Waals surface area contributed by atoms with Gasteiger partial charge in [-0.1, -0.05) is 20.8 Å². The van der Waals surface area contributed by atoms with E-state index in [0.29, 0.717) is 54.0 Å². The van der Waals surface area contributed by atoms with E-state index < -0.39 is 5.97 Å². The number of ketones is 1. The second kappa shape index (κ2) is 6.17. The molecule has 9 atom stereocenters. The highest BCUT2D eigenvalue weighted by Crippen LogP contribution is 2.70. The van der Waals surface area contributed by atoms with Crippen LogP contribution in [-0.2, 0) is 14.3 Å². The molecule has 154 valence electrons. The van der Waals surface area contributed by atoms with Crippen LogP contribution in [-0.4, -0.2) is 29.1 Å². The van der Waals surface area contributed by atoms with Crippen LogP contribution in [0.1, 0.15) is 72.1 Å². The molecule has 5 aliphatic rings. The number of carboxylic acid groups (broad SMARTS) is 1. The molecular formula is C24H34O4. The zero-order valence-electron chi connectivity index (χ0n) is 17.4. The van der Waals surface area contributed by atoms with E-state index >= 15 is 0 Å². The van der Waals surface area contributed by atoms with Gasteiger partial charge in [0.1, 0.15) is 6.10 Å². The number of fused-ring (bicyclic) bond motifs is 8. The first-order valence-electron chi connectivity index (χ1n) is 11.4. The van der Waals surface area contributed by atoms with Crippen LogP contribution in [0.25, 0.3) is 0 Å². The summed E-state index contributed by atoms with van der Waals surface area (Å²) in [6.45, 7) is 7.18. The quantitative estimate of drug-likeness (QED) is 0.716. The van der Waals surface area contributed by atoms with Crippen molar-refractivity contribution < 1.29 is 19.4 Å². The third kappa shape index (κ3) is 2.52. The smallest absolute Gasteiger partial charge is 0.303 e. The van der Waals surface area contributed by atoms with Crippen LogP contribution in [0.4, 0.5) is 0 Å². The molecule has 9 unspecified atom stereocenters. The van der Waals surface area contributed by atoms with Gasteiger partial charge in [0.05, 0.1) is 6.10 Å². The summed E-state index contributed by atoms with van der Waals surface area (Å²) in [5.74, 6) is 2.67. The third-order valence-corrected chi connectivity index (χ3v) is 9.80. The Morgan fingerprint density at radius 3 is 2.79 bits per heavy atom. The number of carbonyl (C=O) groups excluding carboxylic acids is 1. The summed E-state index contributed by atoms with van der Waals surface area (Å²) < 4.78 is 6.26. The van der Waals surface area contributed by atoms with Crippen LogP contribution in [0, 0.1) is 40.4 Å². The first-order valence-corrected chi connectivity index (χ1v) is 11.4. The van der Waals surface area contributed by atoms with Gasteiger partial charge in [-0.25, -0.2) is 0 Å². The van der Waals surface area contributed by atoms with Crippen LogP contribution in [0.15, 0.2) is 11.6 Å². The molecule has 0 bridgehead atoms. The Kier molecular flexibility index (Phi) is 4.15. The fourth-order valence-corrected chi connectivity index (χ4v) is 8.33. The highest BCUT2D eigenvalue weighted by molar-refractivity contribution is 5.92. The number of epoxide rings is 1. The summed E-state index contributed by atoms with van der Waals surface area (Å²) in [4.78, 5) is 23.1. The Morgan fingerprint density at radius 2 is 2.04 bits per heavy atom. The average molecular weight is 387 g/mol. The van der Waals surface area contributed by atoms with E-state index in [1.54, 1.807) is 0 Å². The van der Waals surface area contributed by atoms with Gasteiger partial charge in [-0.15, -0.1) is 0 Å². The van der Waals surface area contributed by atoms with E-state index in [4.69, 9.17) is 9.84 Å². The van der Waals surface area contributed by atoms with Gasteiger partial charge in [-0.05, 0) is 90.6 Å². The molecule has 4 fully saturated rings. The van der Waals surface area contributed by atoms with Crippen molar-refractivity contribution in [2.24, 2.45) is 40.4 Å². The molecular weight excluding hydrogens is 352 g/mol. The zero-order valence-corrected chi connectivity index (χ0v) is 17.4. The van der Waals surface area contributed by atoms with Gasteiger partial charge in [-0.3, -0.25) is 9.59 Å². The van der Waals surface area contributed by atoms with E-state index in [1.807, 2.05) is 6.08 Å². The molecule has 1 aliphatic heterocycles. The van der Waals surface area contributed by atoms with Gasteiger partial charge < -0.3 is 9.84 Å². The van der Waals surface area contributed by atoms with Crippen molar-refractivity contribution >= 4 is 11.8 Å². The fraction of sp³-hybridized carbons (Fsp3) is 0.833. The van der Waals surface area contributed by atoms with Crippen molar-refractivity contribution in [3.63, 3.8) is 0 Å². The molecule has 0 amide bonds. The predicted molar refractivity (Wildman–Crippen MR) is 106 cm³/mol. The fourth-order valence-electron chi connectivity index (χ4n) is 8.33. The molecule has 1 heterocycles. The van der Waals surface area contributed by atoms with Crippen molar-refractivity contribution in [1.29, 1.82) is 0 Å². The number of aliphatic carboxylic acids is 1. The SMILES string of the molecule is CC(CCC(=O)O)C1CCC2C3C4OC4C4=CC(=O)CCC4(C)C3CCC12C. The van der Waals surface area contributed by atoms with Gasteiger partial charge in [-0.2, -0.15) is 0 Å². The second-order valence-corrected chi connectivity index (χ2v) is 10.9. The molecule has 3 saturated carbocycles. The van der Waals surface area contributed by atoms with E-state index in [-0.39, 0.29) is 17.3 Å². The lowest BCUT2D eigenvalue weighted by Crippen LogP contribution is -2.53. The summed E-state index contributed by atoms with van der Waals surface area (Å²) in [5, 5.41) is 9.11. The highest BCUT2D eigenvalue weighted by atomic mass is 16.6. The van der Waals surface area contributed by atoms with Gasteiger partial charge in [0.25, 0.3) is 0 Å². The lowest BCUT2D eigenvalue weighted by molar-refractivity contribution is -0.137. The molecule has 28 heavy (non-hydrogen) atoms. The molecule has 4 nitrogen and oxygen atoms in total. The molecule has 4 heteroatoms. The van der Waals surface area contributed by atoms with E-state index in [1.165, 1.54) is 31.3 Å². The molecule has 0 spiro atoms. The second-order valence-electron chi connectivity index (χ2n) is 10.9. The minimum atomic E-state index is -0.671. The average Bonchev–Trinajstić information content (AvgIpc) is 3.35. The minimum absolute atomic E-state index is 0.143. The maximum absolute atomic E-state index is 12.1. The van der Waals surface area contributed by atoms with Crippen molar-refractivity contribution in [3.8, 4) is 0 Å². The Morgan fingerprint density at radius 1 is 1.25 bits per heavy atom. The molecule has 0 aromatic rings. The van der Waals surface area contributed by atoms with Gasteiger partial charge in [0, 0.05) is 12.8 Å². The van der Waals surface area contributed by atoms with Crippen LogP contribution < -0.4 is 0 Å². The molecule has 1 N–H and O–H groups in total. The Labute approximate surface area is 168 Å². The van der Waals surface area contributed by atoms with Crippen molar-refractivity contribution in [3.05, 3.63) is 11.6 Å². The normalized spacial score (nSPS) is 50.0. The number of rotatable bonds is 4. The van der Waals surface area contributed by atoms with Crippen molar-refractivity contribution in [2.75, 3.05) is 0 Å². The van der Waals surface area contributed by atoms with Gasteiger partial charge >= 0.3 is 5.97 Å². The lowest BCUT2D eigenvalue weighted by Gasteiger charge is -2.57. The minimum Gasteiger partial charge on any atom is -0.481 e. The number of hydrogen-bond donors (Lipinski definition) is 1. The Bertz CT molecular complexity index is 741. The van der Waals surface area contributed by atoms with Crippen LogP contribution in [0.5, 0.6) is 0 Å². The summed E-state index contributed by atoms with van der Waals surface area (Å²) in [5.41, 5.74) is 1.77. The number of carbonyl (C=O) groups is 2. The van der Waals surface area contributed by atoms with Crippen LogP contribution >= 0.6 is 0 Å². The summed E-state index contributed by atoms with van der Waals surface area (Å²) in [6.07, 6.45) is 10.2. The third-order valence-electron chi connectivity index (χ3n) is 9.80. The summed E-state index contributed by atoms with van der Waals surface area (Å²) in [6, 6.07) is 0. The van der Waals surface area contributed by atoms with Crippen LogP contribution in [0.2, 0.25) is 0 Å². The summed E-state index contributed by atoms with van der Waals surface area (Å²) in [7, 11) is 0. The van der Waals surface area contributed by atoms with Crippen LogP contribution in [0.3, 0.4) is 0 Å². The largest absolute Gasteiger partial charge is 0.481 e. The topological polar surface area (TPSA) is 66.9 Å². The molecule has 0 aromatic carbocycles. The van der Waals surface area contributed by atoms with Crippen molar-refractivity contribution in [2.45, 2.75) is 84.3 Å². The number of carboxylic acids is 1.